The molecule has 0 saturated heterocycles. The first kappa shape index (κ1) is 17.0. The van der Waals surface area contributed by atoms with Gasteiger partial charge in [0.05, 0.1) is 10.6 Å². The van der Waals surface area contributed by atoms with Crippen LogP contribution in [-0.4, -0.2) is 25.5 Å². The summed E-state index contributed by atoms with van der Waals surface area (Å²) >= 11 is 4.72. The van der Waals surface area contributed by atoms with Crippen LogP contribution in [0.15, 0.2) is 58.5 Å². The van der Waals surface area contributed by atoms with Crippen molar-refractivity contribution in [3.05, 3.63) is 65.5 Å². The van der Waals surface area contributed by atoms with Crippen LogP contribution in [-0.2, 0) is 9.84 Å². The van der Waals surface area contributed by atoms with Crippen molar-refractivity contribution < 1.29 is 12.8 Å². The number of nitrogens with zero attached hydrogens (tertiary/aromatic N) is 1. The van der Waals surface area contributed by atoms with Crippen LogP contribution in [0.4, 0.5) is 4.39 Å². The lowest BCUT2D eigenvalue weighted by Gasteiger charge is -2.09. The molecule has 0 fully saturated rings. The van der Waals surface area contributed by atoms with Gasteiger partial charge < -0.3 is 5.73 Å². The molecule has 0 radical (unpaired) electrons. The second kappa shape index (κ2) is 6.84. The van der Waals surface area contributed by atoms with Gasteiger partial charge in [0.1, 0.15) is 5.82 Å². The van der Waals surface area contributed by atoms with Crippen molar-refractivity contribution in [3.8, 4) is 0 Å². The van der Waals surface area contributed by atoms with Crippen molar-refractivity contribution >= 4 is 32.9 Å². The summed E-state index contributed by atoms with van der Waals surface area (Å²) in [7, 11) is -3.29. The molecule has 120 valence electrons. The first-order valence-corrected chi connectivity index (χ1v) is 8.77. The lowest BCUT2D eigenvalue weighted by molar-refractivity contribution is 0.602. The first-order chi connectivity index (χ1) is 10.8. The third kappa shape index (κ3) is 4.57. The number of benzene rings is 2. The minimum absolute atomic E-state index is 0.0163. The van der Waals surface area contributed by atoms with Crippen LogP contribution in [0.2, 0.25) is 0 Å². The number of hydrogen-bond donors (Lipinski definition) is 2. The van der Waals surface area contributed by atoms with E-state index in [2.05, 4.69) is 10.5 Å². The standard InChI is InChI=1S/C15H14FN3O2S2/c1-23(20,21)13-8-4-11(5-9-13)14(18-19-15(17)22)10-2-6-12(16)7-3-10/h2-9H,1H3,(H3,17,19,22)/b18-14+. The zero-order chi connectivity index (χ0) is 17.0. The Bertz CT molecular complexity index is 845. The molecule has 2 aromatic carbocycles. The number of rotatable bonds is 4. The molecule has 0 atom stereocenters. The van der Waals surface area contributed by atoms with E-state index >= 15 is 0 Å². The minimum Gasteiger partial charge on any atom is -0.375 e. The molecule has 2 aromatic rings. The quantitative estimate of drug-likeness (QED) is 0.499. The summed E-state index contributed by atoms with van der Waals surface area (Å²) in [5.41, 5.74) is 9.58. The zero-order valence-electron chi connectivity index (χ0n) is 12.2. The van der Waals surface area contributed by atoms with Gasteiger partial charge in [0.15, 0.2) is 14.9 Å². The van der Waals surface area contributed by atoms with Crippen LogP contribution < -0.4 is 11.2 Å². The molecule has 23 heavy (non-hydrogen) atoms. The van der Waals surface area contributed by atoms with Crippen molar-refractivity contribution in [3.63, 3.8) is 0 Å². The summed E-state index contributed by atoms with van der Waals surface area (Å²) in [6, 6.07) is 11.9. The van der Waals surface area contributed by atoms with Gasteiger partial charge in [-0.3, -0.25) is 5.43 Å². The second-order valence-corrected chi connectivity index (χ2v) is 7.20. The molecular formula is C15H14FN3O2S2. The molecule has 2 rings (SSSR count). The fourth-order valence-electron chi connectivity index (χ4n) is 1.87. The van der Waals surface area contributed by atoms with Gasteiger partial charge in [-0.1, -0.05) is 12.1 Å². The molecule has 0 unspecified atom stereocenters. The van der Waals surface area contributed by atoms with E-state index in [-0.39, 0.29) is 15.8 Å². The predicted octanol–water partition coefficient (Wildman–Crippen LogP) is 1.81. The second-order valence-electron chi connectivity index (χ2n) is 4.74. The van der Waals surface area contributed by atoms with Gasteiger partial charge in [0.2, 0.25) is 0 Å². The average Bonchev–Trinajstić information content (AvgIpc) is 2.48. The average molecular weight is 351 g/mol. The van der Waals surface area contributed by atoms with Gasteiger partial charge in [0.25, 0.3) is 0 Å². The molecule has 0 aromatic heterocycles. The Kier molecular flexibility index (Phi) is 5.07. The molecule has 0 bridgehead atoms. The maximum atomic E-state index is 13.1. The highest BCUT2D eigenvalue weighted by Crippen LogP contribution is 2.15. The number of nitrogens with two attached hydrogens (primary N) is 1. The lowest BCUT2D eigenvalue weighted by Crippen LogP contribution is -2.26. The Labute approximate surface area is 138 Å². The smallest absolute Gasteiger partial charge is 0.184 e. The number of halogens is 1. The van der Waals surface area contributed by atoms with Gasteiger partial charge in [-0.05, 0) is 48.6 Å². The number of hydrazone groups is 1. The van der Waals surface area contributed by atoms with Crippen molar-refractivity contribution in [2.75, 3.05) is 6.26 Å². The van der Waals surface area contributed by atoms with E-state index in [4.69, 9.17) is 18.0 Å². The third-order valence-corrected chi connectivity index (χ3v) is 4.17. The van der Waals surface area contributed by atoms with Crippen molar-refractivity contribution in [1.29, 1.82) is 0 Å². The maximum Gasteiger partial charge on any atom is 0.184 e. The van der Waals surface area contributed by atoms with Gasteiger partial charge in [0, 0.05) is 17.4 Å². The summed E-state index contributed by atoms with van der Waals surface area (Å²) in [6.45, 7) is 0. The van der Waals surface area contributed by atoms with Crippen LogP contribution in [0.5, 0.6) is 0 Å². The normalized spacial score (nSPS) is 12.0. The highest BCUT2D eigenvalue weighted by molar-refractivity contribution is 7.90. The van der Waals surface area contributed by atoms with Crippen LogP contribution in [0.1, 0.15) is 11.1 Å². The number of hydrogen-bond acceptors (Lipinski definition) is 4. The monoisotopic (exact) mass is 351 g/mol. The number of nitrogens with one attached hydrogen (secondary N) is 1. The van der Waals surface area contributed by atoms with Gasteiger partial charge in [-0.25, -0.2) is 12.8 Å². The fourth-order valence-corrected chi connectivity index (χ4v) is 2.55. The molecular weight excluding hydrogens is 337 g/mol. The molecule has 0 heterocycles. The molecule has 5 nitrogen and oxygen atoms in total. The summed E-state index contributed by atoms with van der Waals surface area (Å²) in [5.74, 6) is -0.372. The Balaban J connectivity index is 2.47. The number of sulfone groups is 1. The largest absolute Gasteiger partial charge is 0.375 e. The molecule has 0 aliphatic heterocycles. The van der Waals surface area contributed by atoms with E-state index in [1.165, 1.54) is 24.3 Å². The Morgan fingerprint density at radius 3 is 2.00 bits per heavy atom. The topological polar surface area (TPSA) is 84.5 Å². The van der Waals surface area contributed by atoms with E-state index in [0.717, 1.165) is 6.26 Å². The van der Waals surface area contributed by atoms with E-state index in [1.54, 1.807) is 24.3 Å². The summed E-state index contributed by atoms with van der Waals surface area (Å²) in [4.78, 5) is 0.196. The summed E-state index contributed by atoms with van der Waals surface area (Å²) < 4.78 is 36.1. The van der Waals surface area contributed by atoms with E-state index in [1.807, 2.05) is 0 Å². The Hall–Kier alpha value is -2.32. The van der Waals surface area contributed by atoms with Gasteiger partial charge in [-0.2, -0.15) is 5.10 Å². The maximum absolute atomic E-state index is 13.1. The minimum atomic E-state index is -3.29. The third-order valence-electron chi connectivity index (χ3n) is 2.95. The van der Waals surface area contributed by atoms with Gasteiger partial charge >= 0.3 is 0 Å². The molecule has 8 heteroatoms. The SMILES string of the molecule is CS(=O)(=O)c1ccc(/C(=N/NC(N)=S)c2ccc(F)cc2)cc1. The highest BCUT2D eigenvalue weighted by atomic mass is 32.2. The lowest BCUT2D eigenvalue weighted by atomic mass is 10.0. The first-order valence-electron chi connectivity index (χ1n) is 6.47. The van der Waals surface area contributed by atoms with E-state index in [9.17, 15) is 12.8 Å². The zero-order valence-corrected chi connectivity index (χ0v) is 13.8. The molecule has 0 spiro atoms. The fraction of sp³-hybridized carbons (Fsp3) is 0.0667. The van der Waals surface area contributed by atoms with E-state index < -0.39 is 9.84 Å². The Morgan fingerprint density at radius 2 is 1.57 bits per heavy atom. The number of thiocarbonyl (C=S) groups is 1. The van der Waals surface area contributed by atoms with Gasteiger partial charge in [-0.15, -0.1) is 0 Å². The van der Waals surface area contributed by atoms with Crippen molar-refractivity contribution in [2.45, 2.75) is 4.90 Å². The van der Waals surface area contributed by atoms with Crippen LogP contribution in [0, 0.1) is 5.82 Å². The van der Waals surface area contributed by atoms with Crippen LogP contribution >= 0.6 is 12.2 Å². The molecule has 0 aliphatic carbocycles. The molecule has 0 saturated carbocycles. The van der Waals surface area contributed by atoms with E-state index in [0.29, 0.717) is 16.8 Å². The van der Waals surface area contributed by atoms with Crippen molar-refractivity contribution in [1.82, 2.24) is 5.43 Å². The van der Waals surface area contributed by atoms with Crippen LogP contribution in [0.3, 0.4) is 0 Å². The predicted molar refractivity (Wildman–Crippen MR) is 91.5 cm³/mol. The van der Waals surface area contributed by atoms with Crippen molar-refractivity contribution in [2.24, 2.45) is 10.8 Å². The van der Waals surface area contributed by atoms with Crippen LogP contribution in [0.25, 0.3) is 0 Å². The Morgan fingerprint density at radius 1 is 1.09 bits per heavy atom. The molecule has 0 amide bonds. The summed E-state index contributed by atoms with van der Waals surface area (Å²) in [6.07, 6.45) is 1.13. The molecule has 3 N–H and O–H groups in total. The molecule has 0 aliphatic rings. The highest BCUT2D eigenvalue weighted by Gasteiger charge is 2.11. The summed E-state index contributed by atoms with van der Waals surface area (Å²) in [5, 5.41) is 4.10.